The number of hydrogen-bond donors (Lipinski definition) is 3. The van der Waals surface area contributed by atoms with Crippen LogP contribution in [-0.4, -0.2) is 28.5 Å². The number of carbonyl (C=O) groups excluding carboxylic acids is 1. The van der Waals surface area contributed by atoms with Gasteiger partial charge in [-0.15, -0.1) is 11.3 Å². The Morgan fingerprint density at radius 2 is 1.76 bits per heavy atom. The Bertz CT molecular complexity index is 963. The van der Waals surface area contributed by atoms with Crippen molar-refractivity contribution in [3.8, 4) is 0 Å². The zero-order valence-corrected chi connectivity index (χ0v) is 17.5. The van der Waals surface area contributed by atoms with Crippen LogP contribution in [0, 0.1) is 20.8 Å². The summed E-state index contributed by atoms with van der Waals surface area (Å²) in [6.45, 7) is 6.31. The van der Waals surface area contributed by atoms with Gasteiger partial charge < -0.3 is 5.32 Å². The summed E-state index contributed by atoms with van der Waals surface area (Å²) in [7, 11) is 0. The van der Waals surface area contributed by atoms with E-state index in [1.54, 1.807) is 11.3 Å². The Kier molecular flexibility index (Phi) is 6.91. The SMILES string of the molecule is Cc1ccc(NC(=O)NC(=NCCc2cccs2)Nc2nc(C)cc(C)n2)cc1. The van der Waals surface area contributed by atoms with Gasteiger partial charge in [0.15, 0.2) is 0 Å². The van der Waals surface area contributed by atoms with Crippen molar-refractivity contribution >= 4 is 35.0 Å². The number of aliphatic imine (C=N–C) groups is 1. The highest BCUT2D eigenvalue weighted by Crippen LogP contribution is 2.10. The molecule has 0 fully saturated rings. The Morgan fingerprint density at radius 3 is 2.41 bits per heavy atom. The minimum Gasteiger partial charge on any atom is -0.308 e. The number of aromatic nitrogens is 2. The van der Waals surface area contributed by atoms with Gasteiger partial charge in [0.2, 0.25) is 11.9 Å². The average molecular weight is 409 g/mol. The van der Waals surface area contributed by atoms with Crippen LogP contribution in [0.5, 0.6) is 0 Å². The lowest BCUT2D eigenvalue weighted by Crippen LogP contribution is -2.39. The van der Waals surface area contributed by atoms with Gasteiger partial charge in [-0.2, -0.15) is 0 Å². The normalized spacial score (nSPS) is 11.2. The molecular formula is C21H24N6OS. The van der Waals surface area contributed by atoms with Crippen molar-refractivity contribution in [2.24, 2.45) is 4.99 Å². The van der Waals surface area contributed by atoms with E-state index in [2.05, 4.69) is 37.0 Å². The number of urea groups is 1. The van der Waals surface area contributed by atoms with Crippen molar-refractivity contribution in [2.75, 3.05) is 17.2 Å². The van der Waals surface area contributed by atoms with Gasteiger partial charge in [0.05, 0.1) is 0 Å². The first-order chi connectivity index (χ1) is 14.0. The molecule has 0 bridgehead atoms. The van der Waals surface area contributed by atoms with Crippen LogP contribution in [0.3, 0.4) is 0 Å². The lowest BCUT2D eigenvalue weighted by atomic mass is 10.2. The molecule has 150 valence electrons. The maximum Gasteiger partial charge on any atom is 0.326 e. The van der Waals surface area contributed by atoms with Crippen LogP contribution in [0.15, 0.2) is 52.8 Å². The van der Waals surface area contributed by atoms with Crippen molar-refractivity contribution in [1.29, 1.82) is 0 Å². The fourth-order valence-electron chi connectivity index (χ4n) is 2.64. The van der Waals surface area contributed by atoms with E-state index in [4.69, 9.17) is 0 Å². The summed E-state index contributed by atoms with van der Waals surface area (Å²) >= 11 is 1.69. The van der Waals surface area contributed by atoms with Crippen molar-refractivity contribution in [1.82, 2.24) is 15.3 Å². The zero-order chi connectivity index (χ0) is 20.6. The van der Waals surface area contributed by atoms with Gasteiger partial charge in [-0.3, -0.25) is 15.6 Å². The fraction of sp³-hybridized carbons (Fsp3) is 0.238. The van der Waals surface area contributed by atoms with Gasteiger partial charge in [-0.05, 0) is 50.4 Å². The highest BCUT2D eigenvalue weighted by Gasteiger charge is 2.09. The summed E-state index contributed by atoms with van der Waals surface area (Å²) in [5.74, 6) is 0.698. The predicted octanol–water partition coefficient (Wildman–Crippen LogP) is 4.30. The summed E-state index contributed by atoms with van der Waals surface area (Å²) in [6, 6.07) is 13.2. The second kappa shape index (κ2) is 9.79. The summed E-state index contributed by atoms with van der Waals surface area (Å²) in [6.07, 6.45) is 0.789. The highest BCUT2D eigenvalue weighted by molar-refractivity contribution is 7.09. The standard InChI is InChI=1S/C21H24N6OS/c1-14-6-8-17(9-7-14)25-21(28)27-19(22-11-10-18-5-4-12-29-18)26-20-23-15(2)13-16(3)24-20/h4-9,12-13H,10-11H2,1-3H3,(H3,22,23,24,25,26,27,28). The monoisotopic (exact) mass is 408 g/mol. The van der Waals surface area contributed by atoms with Gasteiger partial charge in [-0.1, -0.05) is 23.8 Å². The molecule has 2 heterocycles. The third-order valence-electron chi connectivity index (χ3n) is 3.96. The molecule has 3 N–H and O–H groups in total. The van der Waals surface area contributed by atoms with E-state index in [9.17, 15) is 4.79 Å². The summed E-state index contributed by atoms with van der Waals surface area (Å²) in [4.78, 5) is 26.9. The second-order valence-corrected chi connectivity index (χ2v) is 7.64. The number of rotatable bonds is 5. The molecule has 0 atom stereocenters. The number of carbonyl (C=O) groups is 1. The minimum atomic E-state index is -0.388. The zero-order valence-electron chi connectivity index (χ0n) is 16.7. The average Bonchev–Trinajstić information content (AvgIpc) is 3.16. The molecule has 0 saturated carbocycles. The van der Waals surface area contributed by atoms with Crippen molar-refractivity contribution in [3.63, 3.8) is 0 Å². The number of guanidine groups is 1. The molecule has 3 aromatic rings. The lowest BCUT2D eigenvalue weighted by molar-refractivity contribution is 0.256. The molecule has 0 unspecified atom stereocenters. The maximum absolute atomic E-state index is 12.4. The number of amides is 2. The van der Waals surface area contributed by atoms with Crippen LogP contribution in [0.4, 0.5) is 16.4 Å². The van der Waals surface area contributed by atoms with Crippen LogP contribution in [-0.2, 0) is 6.42 Å². The molecule has 2 amide bonds. The molecule has 3 rings (SSSR count). The molecule has 0 aliphatic rings. The van der Waals surface area contributed by atoms with E-state index in [0.29, 0.717) is 24.1 Å². The molecule has 0 saturated heterocycles. The molecule has 2 aromatic heterocycles. The number of nitrogens with one attached hydrogen (secondary N) is 3. The van der Waals surface area contributed by atoms with E-state index >= 15 is 0 Å². The molecule has 8 heteroatoms. The minimum absolute atomic E-state index is 0.302. The number of hydrogen-bond acceptors (Lipinski definition) is 5. The van der Waals surface area contributed by atoms with E-state index in [-0.39, 0.29) is 6.03 Å². The van der Waals surface area contributed by atoms with Gasteiger partial charge in [-0.25, -0.2) is 14.8 Å². The first-order valence-corrected chi connectivity index (χ1v) is 10.2. The third-order valence-corrected chi connectivity index (χ3v) is 4.90. The Hall–Kier alpha value is -3.26. The van der Waals surface area contributed by atoms with Crippen LogP contribution in [0.25, 0.3) is 0 Å². The number of aryl methyl sites for hydroxylation is 3. The molecule has 1 aromatic carbocycles. The Morgan fingerprint density at radius 1 is 1.03 bits per heavy atom. The van der Waals surface area contributed by atoms with Gasteiger partial charge in [0, 0.05) is 34.9 Å². The molecule has 0 radical (unpaired) electrons. The van der Waals surface area contributed by atoms with Crippen molar-refractivity contribution in [2.45, 2.75) is 27.2 Å². The quantitative estimate of drug-likeness (QED) is 0.434. The topological polar surface area (TPSA) is 91.3 Å². The summed E-state index contributed by atoms with van der Waals surface area (Å²) in [5.41, 5.74) is 3.50. The second-order valence-electron chi connectivity index (χ2n) is 6.60. The highest BCUT2D eigenvalue weighted by atomic mass is 32.1. The maximum atomic E-state index is 12.4. The number of anilines is 2. The smallest absolute Gasteiger partial charge is 0.308 e. The van der Waals surface area contributed by atoms with Crippen LogP contribution in [0.1, 0.15) is 21.8 Å². The molecule has 0 aliphatic carbocycles. The lowest BCUT2D eigenvalue weighted by Gasteiger charge is -2.12. The summed E-state index contributed by atoms with van der Waals surface area (Å²) in [5, 5.41) is 10.6. The first kappa shape index (κ1) is 20.5. The number of benzene rings is 1. The number of nitrogens with zero attached hydrogens (tertiary/aromatic N) is 3. The molecule has 0 aliphatic heterocycles. The van der Waals surface area contributed by atoms with Crippen molar-refractivity contribution < 1.29 is 4.79 Å². The Labute approximate surface area is 174 Å². The van der Waals surface area contributed by atoms with E-state index in [1.807, 2.05) is 62.5 Å². The van der Waals surface area contributed by atoms with E-state index < -0.39 is 0 Å². The fourth-order valence-corrected chi connectivity index (χ4v) is 3.34. The molecule has 0 spiro atoms. The Balaban J connectivity index is 1.69. The van der Waals surface area contributed by atoms with Gasteiger partial charge in [0.1, 0.15) is 0 Å². The number of thiophene rings is 1. The predicted molar refractivity (Wildman–Crippen MR) is 119 cm³/mol. The summed E-state index contributed by atoms with van der Waals surface area (Å²) < 4.78 is 0. The molecule has 29 heavy (non-hydrogen) atoms. The first-order valence-electron chi connectivity index (χ1n) is 9.29. The van der Waals surface area contributed by atoms with Crippen LogP contribution in [0.2, 0.25) is 0 Å². The molecule has 7 nitrogen and oxygen atoms in total. The van der Waals surface area contributed by atoms with Crippen LogP contribution < -0.4 is 16.0 Å². The van der Waals surface area contributed by atoms with Crippen molar-refractivity contribution in [3.05, 3.63) is 69.7 Å². The molecular weight excluding hydrogens is 384 g/mol. The third kappa shape index (κ3) is 6.69. The van der Waals surface area contributed by atoms with Gasteiger partial charge >= 0.3 is 6.03 Å². The van der Waals surface area contributed by atoms with E-state index in [1.165, 1.54) is 4.88 Å². The van der Waals surface area contributed by atoms with Gasteiger partial charge in [0.25, 0.3) is 0 Å². The largest absolute Gasteiger partial charge is 0.326 e. The van der Waals surface area contributed by atoms with E-state index in [0.717, 1.165) is 23.4 Å². The van der Waals surface area contributed by atoms with Crippen LogP contribution >= 0.6 is 11.3 Å².